The number of hydrogen-bond donors (Lipinski definition) is 3. The fraction of sp³-hybridized carbons (Fsp3) is 0.889. The third kappa shape index (κ3) is 3.61. The van der Waals surface area contributed by atoms with Gasteiger partial charge < -0.3 is 20.5 Å². The molecule has 1 aliphatic rings. The third-order valence-electron chi connectivity index (χ3n) is 2.33. The normalized spacial score (nSPS) is 23.6. The smallest absolute Gasteiger partial charge is 0.220 e. The lowest BCUT2D eigenvalue weighted by atomic mass is 10.2. The Labute approximate surface area is 83.8 Å². The van der Waals surface area contributed by atoms with Crippen molar-refractivity contribution in [3.05, 3.63) is 0 Å². The Morgan fingerprint density at radius 1 is 1.79 bits per heavy atom. The third-order valence-corrected chi connectivity index (χ3v) is 2.33. The van der Waals surface area contributed by atoms with Crippen LogP contribution >= 0.6 is 0 Å². The number of aliphatic hydroxyl groups is 1. The standard InChI is InChI=1S/C9H18N2O3/c1-14-6-8(5-12)10-4-7-2-3-9(13)11-7/h7-8,10,12H,2-6H2,1H3,(H,11,13). The lowest BCUT2D eigenvalue weighted by molar-refractivity contribution is -0.119. The zero-order valence-electron chi connectivity index (χ0n) is 8.45. The minimum absolute atomic E-state index is 0.0440. The first kappa shape index (κ1) is 11.4. The van der Waals surface area contributed by atoms with Crippen LogP contribution in [-0.2, 0) is 9.53 Å². The molecule has 82 valence electrons. The van der Waals surface area contributed by atoms with Crippen molar-refractivity contribution in [3.63, 3.8) is 0 Å². The molecule has 14 heavy (non-hydrogen) atoms. The van der Waals surface area contributed by atoms with Gasteiger partial charge in [-0.15, -0.1) is 0 Å². The monoisotopic (exact) mass is 202 g/mol. The maximum absolute atomic E-state index is 10.9. The Morgan fingerprint density at radius 3 is 3.07 bits per heavy atom. The predicted octanol–water partition coefficient (Wildman–Crippen LogP) is -1.14. The molecular formula is C9H18N2O3. The minimum atomic E-state index is -0.0440. The maximum atomic E-state index is 10.9. The molecule has 0 saturated carbocycles. The molecule has 1 amide bonds. The van der Waals surface area contributed by atoms with Gasteiger partial charge >= 0.3 is 0 Å². The molecule has 1 heterocycles. The second-order valence-electron chi connectivity index (χ2n) is 3.55. The highest BCUT2D eigenvalue weighted by atomic mass is 16.5. The summed E-state index contributed by atoms with van der Waals surface area (Å²) in [6.07, 6.45) is 1.48. The van der Waals surface area contributed by atoms with Crippen molar-refractivity contribution in [2.45, 2.75) is 24.9 Å². The predicted molar refractivity (Wildman–Crippen MR) is 51.9 cm³/mol. The van der Waals surface area contributed by atoms with E-state index in [-0.39, 0.29) is 24.6 Å². The molecule has 5 heteroatoms. The van der Waals surface area contributed by atoms with Gasteiger partial charge in [0.25, 0.3) is 0 Å². The van der Waals surface area contributed by atoms with E-state index in [4.69, 9.17) is 9.84 Å². The second-order valence-corrected chi connectivity index (χ2v) is 3.55. The van der Waals surface area contributed by atoms with Crippen LogP contribution in [0.2, 0.25) is 0 Å². The first-order chi connectivity index (χ1) is 6.76. The molecule has 1 rings (SSSR count). The summed E-state index contributed by atoms with van der Waals surface area (Å²) in [6.45, 7) is 1.23. The van der Waals surface area contributed by atoms with Crippen molar-refractivity contribution < 1.29 is 14.6 Å². The van der Waals surface area contributed by atoms with Gasteiger partial charge in [-0.1, -0.05) is 0 Å². The number of aliphatic hydroxyl groups excluding tert-OH is 1. The lowest BCUT2D eigenvalue weighted by Crippen LogP contribution is -2.43. The average molecular weight is 202 g/mol. The Kier molecular flexibility index (Phi) is 4.86. The fourth-order valence-corrected chi connectivity index (χ4v) is 1.52. The van der Waals surface area contributed by atoms with E-state index < -0.39 is 0 Å². The highest BCUT2D eigenvalue weighted by molar-refractivity contribution is 5.78. The van der Waals surface area contributed by atoms with Crippen LogP contribution in [0.3, 0.4) is 0 Å². The molecule has 0 bridgehead atoms. The van der Waals surface area contributed by atoms with Crippen LogP contribution in [-0.4, -0.2) is 50.0 Å². The number of methoxy groups -OCH3 is 1. The van der Waals surface area contributed by atoms with Gasteiger partial charge in [-0.25, -0.2) is 0 Å². The van der Waals surface area contributed by atoms with Crippen molar-refractivity contribution in [1.29, 1.82) is 0 Å². The van der Waals surface area contributed by atoms with Gasteiger partial charge in [-0.2, -0.15) is 0 Å². The Balaban J connectivity index is 2.15. The molecule has 0 aromatic heterocycles. The number of carbonyl (C=O) groups excluding carboxylic acids is 1. The summed E-state index contributed by atoms with van der Waals surface area (Å²) >= 11 is 0. The van der Waals surface area contributed by atoms with Crippen LogP contribution in [0, 0.1) is 0 Å². The molecule has 5 nitrogen and oxygen atoms in total. The summed E-state index contributed by atoms with van der Waals surface area (Å²) in [5.41, 5.74) is 0. The summed E-state index contributed by atoms with van der Waals surface area (Å²) in [6, 6.07) is 0.158. The molecule has 2 unspecified atom stereocenters. The Bertz CT molecular complexity index is 187. The number of hydrogen-bond acceptors (Lipinski definition) is 4. The summed E-state index contributed by atoms with van der Waals surface area (Å²) in [7, 11) is 1.60. The van der Waals surface area contributed by atoms with E-state index in [1.807, 2.05) is 0 Å². The maximum Gasteiger partial charge on any atom is 0.220 e. The zero-order chi connectivity index (χ0) is 10.4. The van der Waals surface area contributed by atoms with Crippen LogP contribution in [0.5, 0.6) is 0 Å². The summed E-state index contributed by atoms with van der Waals surface area (Å²) in [5, 5.41) is 14.9. The highest BCUT2D eigenvalue weighted by Crippen LogP contribution is 2.05. The van der Waals surface area contributed by atoms with Gasteiger partial charge in [-0.3, -0.25) is 4.79 Å². The summed E-state index contributed by atoms with van der Waals surface area (Å²) in [4.78, 5) is 10.9. The van der Waals surface area contributed by atoms with Gasteiger partial charge in [0.05, 0.1) is 19.3 Å². The van der Waals surface area contributed by atoms with E-state index in [9.17, 15) is 4.79 Å². The quantitative estimate of drug-likeness (QED) is 0.509. The van der Waals surface area contributed by atoms with Gasteiger partial charge in [-0.05, 0) is 6.42 Å². The molecule has 1 fully saturated rings. The van der Waals surface area contributed by atoms with Crippen molar-refractivity contribution in [2.75, 3.05) is 26.9 Å². The van der Waals surface area contributed by atoms with E-state index in [0.29, 0.717) is 19.6 Å². The molecule has 0 radical (unpaired) electrons. The highest BCUT2D eigenvalue weighted by Gasteiger charge is 2.21. The van der Waals surface area contributed by atoms with Crippen molar-refractivity contribution in [2.24, 2.45) is 0 Å². The van der Waals surface area contributed by atoms with E-state index >= 15 is 0 Å². The molecule has 2 atom stereocenters. The molecule has 0 aliphatic carbocycles. The lowest BCUT2D eigenvalue weighted by Gasteiger charge is -2.18. The topological polar surface area (TPSA) is 70.6 Å². The number of amides is 1. The van der Waals surface area contributed by atoms with Crippen molar-refractivity contribution >= 4 is 5.91 Å². The van der Waals surface area contributed by atoms with Crippen LogP contribution in [0.25, 0.3) is 0 Å². The van der Waals surface area contributed by atoms with Gasteiger partial charge in [0.2, 0.25) is 5.91 Å². The van der Waals surface area contributed by atoms with E-state index in [1.54, 1.807) is 7.11 Å². The first-order valence-corrected chi connectivity index (χ1v) is 4.88. The second kappa shape index (κ2) is 5.95. The molecule has 1 aliphatic heterocycles. The van der Waals surface area contributed by atoms with Gasteiger partial charge in [0.15, 0.2) is 0 Å². The average Bonchev–Trinajstić information content (AvgIpc) is 2.59. The molecule has 1 saturated heterocycles. The SMILES string of the molecule is COCC(CO)NCC1CCC(=O)N1. The van der Waals surface area contributed by atoms with Crippen LogP contribution in [0.4, 0.5) is 0 Å². The Morgan fingerprint density at radius 2 is 2.57 bits per heavy atom. The van der Waals surface area contributed by atoms with Crippen LogP contribution in [0.15, 0.2) is 0 Å². The number of nitrogens with one attached hydrogen (secondary N) is 2. The molecule has 0 aromatic rings. The Hall–Kier alpha value is -0.650. The number of carbonyl (C=O) groups is 1. The van der Waals surface area contributed by atoms with Gasteiger partial charge in [0, 0.05) is 26.1 Å². The largest absolute Gasteiger partial charge is 0.395 e. The van der Waals surface area contributed by atoms with Crippen molar-refractivity contribution in [3.8, 4) is 0 Å². The molecule has 3 N–H and O–H groups in total. The van der Waals surface area contributed by atoms with Crippen molar-refractivity contribution in [1.82, 2.24) is 10.6 Å². The van der Waals surface area contributed by atoms with E-state index in [1.165, 1.54) is 0 Å². The number of rotatable bonds is 6. The molecule has 0 aromatic carbocycles. The van der Waals surface area contributed by atoms with Gasteiger partial charge in [0.1, 0.15) is 0 Å². The first-order valence-electron chi connectivity index (χ1n) is 4.88. The molecular weight excluding hydrogens is 184 g/mol. The number of ether oxygens (including phenoxy) is 1. The fourth-order valence-electron chi connectivity index (χ4n) is 1.52. The van der Waals surface area contributed by atoms with E-state index in [2.05, 4.69) is 10.6 Å². The van der Waals surface area contributed by atoms with E-state index in [0.717, 1.165) is 6.42 Å². The van der Waals surface area contributed by atoms with Crippen LogP contribution in [0.1, 0.15) is 12.8 Å². The molecule has 0 spiro atoms. The minimum Gasteiger partial charge on any atom is -0.395 e. The summed E-state index contributed by atoms with van der Waals surface area (Å²) in [5.74, 6) is 0.115. The zero-order valence-corrected chi connectivity index (χ0v) is 8.45. The summed E-state index contributed by atoms with van der Waals surface area (Å²) < 4.78 is 4.92. The van der Waals surface area contributed by atoms with Crippen LogP contribution < -0.4 is 10.6 Å².